The highest BCUT2D eigenvalue weighted by molar-refractivity contribution is 5.10. The Morgan fingerprint density at radius 1 is 1.25 bits per heavy atom. The summed E-state index contributed by atoms with van der Waals surface area (Å²) in [6.45, 7) is 8.87. The van der Waals surface area contributed by atoms with Gasteiger partial charge in [-0.3, -0.25) is 9.88 Å². The van der Waals surface area contributed by atoms with Crippen molar-refractivity contribution in [3.8, 4) is 0 Å². The van der Waals surface area contributed by atoms with Crippen LogP contribution in [0.15, 0.2) is 24.5 Å². The summed E-state index contributed by atoms with van der Waals surface area (Å²) in [7, 11) is 1.78. The fraction of sp³-hybridized carbons (Fsp3) is 0.688. The molecular weight excluding hydrogens is 250 g/mol. The Morgan fingerprint density at radius 3 is 2.75 bits per heavy atom. The van der Waals surface area contributed by atoms with Gasteiger partial charge in [0.2, 0.25) is 0 Å². The average Bonchev–Trinajstić information content (AvgIpc) is 2.52. The quantitative estimate of drug-likeness (QED) is 0.758. The Hall–Kier alpha value is -0.970. The maximum atomic E-state index is 5.21. The van der Waals surface area contributed by atoms with Gasteiger partial charge in [-0.2, -0.15) is 0 Å². The van der Waals surface area contributed by atoms with Crippen LogP contribution in [0.4, 0.5) is 0 Å². The summed E-state index contributed by atoms with van der Waals surface area (Å²) >= 11 is 0. The van der Waals surface area contributed by atoms with Gasteiger partial charge in [0.1, 0.15) is 0 Å². The van der Waals surface area contributed by atoms with E-state index in [-0.39, 0.29) is 0 Å². The van der Waals surface area contributed by atoms with Crippen LogP contribution in [0.25, 0.3) is 0 Å². The molecule has 1 aliphatic rings. The Bertz CT molecular complexity index is 371. The van der Waals surface area contributed by atoms with Crippen molar-refractivity contribution in [3.63, 3.8) is 0 Å². The van der Waals surface area contributed by atoms with Crippen LogP contribution in [0.5, 0.6) is 0 Å². The number of rotatable bonds is 7. The van der Waals surface area contributed by atoms with E-state index in [0.717, 1.165) is 32.7 Å². The molecule has 0 saturated carbocycles. The molecule has 0 aliphatic carbocycles. The summed E-state index contributed by atoms with van der Waals surface area (Å²) in [6.07, 6.45) is 6.10. The van der Waals surface area contributed by atoms with Gasteiger partial charge in [-0.1, -0.05) is 6.92 Å². The lowest BCUT2D eigenvalue weighted by Gasteiger charge is -2.41. The van der Waals surface area contributed by atoms with E-state index in [1.807, 2.05) is 12.4 Å². The number of hydrogen-bond donors (Lipinski definition) is 0. The van der Waals surface area contributed by atoms with Crippen LogP contribution in [-0.2, 0) is 11.2 Å². The van der Waals surface area contributed by atoms with Gasteiger partial charge in [0.05, 0.1) is 6.61 Å². The molecule has 0 amide bonds. The topological polar surface area (TPSA) is 28.6 Å². The van der Waals surface area contributed by atoms with Gasteiger partial charge in [-0.05, 0) is 30.5 Å². The molecule has 1 atom stereocenters. The smallest absolute Gasteiger partial charge is 0.0589 e. The summed E-state index contributed by atoms with van der Waals surface area (Å²) in [5.74, 6) is 0. The van der Waals surface area contributed by atoms with Crippen LogP contribution in [0.1, 0.15) is 18.9 Å². The highest BCUT2D eigenvalue weighted by atomic mass is 16.5. The Balaban J connectivity index is 1.78. The highest BCUT2D eigenvalue weighted by Crippen LogP contribution is 2.13. The molecule has 4 nitrogen and oxygen atoms in total. The maximum absolute atomic E-state index is 5.21. The van der Waals surface area contributed by atoms with Gasteiger partial charge in [0, 0.05) is 58.3 Å². The molecule has 1 aromatic rings. The predicted molar refractivity (Wildman–Crippen MR) is 81.9 cm³/mol. The molecule has 1 aromatic heterocycles. The first-order valence-corrected chi connectivity index (χ1v) is 7.67. The molecule has 1 saturated heterocycles. The first-order chi connectivity index (χ1) is 9.83. The van der Waals surface area contributed by atoms with Gasteiger partial charge in [0.15, 0.2) is 0 Å². The fourth-order valence-corrected chi connectivity index (χ4v) is 2.89. The first-order valence-electron chi connectivity index (χ1n) is 7.67. The highest BCUT2D eigenvalue weighted by Gasteiger charge is 2.24. The third-order valence-electron chi connectivity index (χ3n) is 4.21. The molecule has 2 rings (SSSR count). The second-order valence-electron chi connectivity index (χ2n) is 5.50. The van der Waals surface area contributed by atoms with E-state index in [0.29, 0.717) is 6.04 Å². The summed E-state index contributed by atoms with van der Waals surface area (Å²) in [4.78, 5) is 9.24. The van der Waals surface area contributed by atoms with Crippen LogP contribution in [0, 0.1) is 0 Å². The number of hydrogen-bond acceptors (Lipinski definition) is 4. The molecule has 2 heterocycles. The maximum Gasteiger partial charge on any atom is 0.0589 e. The third kappa shape index (κ3) is 4.54. The van der Waals surface area contributed by atoms with E-state index in [1.54, 1.807) is 7.11 Å². The standard InChI is InChI=1S/C16H27N3O/c1-3-16-14-18(10-11-19(16)12-13-20-2)9-6-15-4-7-17-8-5-15/h4-5,7-8,16H,3,6,9-14H2,1-2H3/t16-/m0/s1. The number of ether oxygens (including phenoxy) is 1. The lowest BCUT2D eigenvalue weighted by atomic mass is 10.1. The molecule has 4 heteroatoms. The van der Waals surface area contributed by atoms with E-state index in [9.17, 15) is 0 Å². The summed E-state index contributed by atoms with van der Waals surface area (Å²) in [5.41, 5.74) is 1.38. The van der Waals surface area contributed by atoms with Crippen LogP contribution >= 0.6 is 0 Å². The van der Waals surface area contributed by atoms with Crippen LogP contribution in [-0.4, -0.2) is 67.3 Å². The minimum Gasteiger partial charge on any atom is -0.383 e. The minimum absolute atomic E-state index is 0.677. The normalized spacial score (nSPS) is 21.2. The Labute approximate surface area is 122 Å². The van der Waals surface area contributed by atoms with E-state index in [1.165, 1.54) is 25.1 Å². The monoisotopic (exact) mass is 277 g/mol. The van der Waals surface area contributed by atoms with Crippen LogP contribution in [0.3, 0.4) is 0 Å². The third-order valence-corrected chi connectivity index (χ3v) is 4.21. The number of pyridine rings is 1. The average molecular weight is 277 g/mol. The van der Waals surface area contributed by atoms with Gasteiger partial charge in [-0.25, -0.2) is 0 Å². The van der Waals surface area contributed by atoms with E-state index < -0.39 is 0 Å². The fourth-order valence-electron chi connectivity index (χ4n) is 2.89. The van der Waals surface area contributed by atoms with Crippen molar-refractivity contribution in [3.05, 3.63) is 30.1 Å². The molecule has 1 fully saturated rings. The lowest BCUT2D eigenvalue weighted by molar-refractivity contribution is 0.0503. The van der Waals surface area contributed by atoms with Crippen molar-refractivity contribution >= 4 is 0 Å². The minimum atomic E-state index is 0.677. The van der Waals surface area contributed by atoms with Gasteiger partial charge in [-0.15, -0.1) is 0 Å². The largest absolute Gasteiger partial charge is 0.383 e. The van der Waals surface area contributed by atoms with Gasteiger partial charge in [0.25, 0.3) is 0 Å². The van der Waals surface area contributed by atoms with Crippen molar-refractivity contribution in [2.75, 3.05) is 46.4 Å². The Morgan fingerprint density at radius 2 is 2.05 bits per heavy atom. The lowest BCUT2D eigenvalue weighted by Crippen LogP contribution is -2.53. The molecule has 0 unspecified atom stereocenters. The zero-order valence-corrected chi connectivity index (χ0v) is 12.8. The van der Waals surface area contributed by atoms with E-state index in [2.05, 4.69) is 33.8 Å². The molecule has 0 spiro atoms. The molecule has 1 aliphatic heterocycles. The number of nitrogens with zero attached hydrogens (tertiary/aromatic N) is 3. The van der Waals surface area contributed by atoms with Crippen LogP contribution < -0.4 is 0 Å². The molecule has 0 N–H and O–H groups in total. The van der Waals surface area contributed by atoms with Crippen molar-refractivity contribution in [1.82, 2.24) is 14.8 Å². The van der Waals surface area contributed by atoms with Crippen molar-refractivity contribution in [2.24, 2.45) is 0 Å². The molecule has 20 heavy (non-hydrogen) atoms. The Kier molecular flexibility index (Phi) is 6.43. The van der Waals surface area contributed by atoms with Gasteiger partial charge < -0.3 is 9.64 Å². The zero-order valence-electron chi connectivity index (χ0n) is 12.8. The zero-order chi connectivity index (χ0) is 14.2. The first kappa shape index (κ1) is 15.4. The second kappa shape index (κ2) is 8.35. The summed E-state index contributed by atoms with van der Waals surface area (Å²) in [5, 5.41) is 0. The molecular formula is C16H27N3O. The van der Waals surface area contributed by atoms with Crippen LogP contribution in [0.2, 0.25) is 0 Å². The molecule has 0 aromatic carbocycles. The van der Waals surface area contributed by atoms with E-state index >= 15 is 0 Å². The second-order valence-corrected chi connectivity index (χ2v) is 5.50. The predicted octanol–water partition coefficient (Wildman–Crippen LogP) is 1.67. The summed E-state index contributed by atoms with van der Waals surface area (Å²) in [6, 6.07) is 4.91. The number of aromatic nitrogens is 1. The van der Waals surface area contributed by atoms with E-state index in [4.69, 9.17) is 4.74 Å². The number of piperazine rings is 1. The summed E-state index contributed by atoms with van der Waals surface area (Å²) < 4.78 is 5.21. The number of methoxy groups -OCH3 is 1. The van der Waals surface area contributed by atoms with Gasteiger partial charge >= 0.3 is 0 Å². The molecule has 0 bridgehead atoms. The van der Waals surface area contributed by atoms with Crippen molar-refractivity contribution in [1.29, 1.82) is 0 Å². The van der Waals surface area contributed by atoms with Crippen molar-refractivity contribution < 1.29 is 4.74 Å². The molecule has 112 valence electrons. The van der Waals surface area contributed by atoms with Crippen molar-refractivity contribution in [2.45, 2.75) is 25.8 Å². The molecule has 0 radical (unpaired) electrons. The SMILES string of the molecule is CC[C@H]1CN(CCc2ccncc2)CCN1CCOC.